The molecule has 0 bridgehead atoms. The molecule has 1 amide bonds. The fourth-order valence-electron chi connectivity index (χ4n) is 3.99. The van der Waals surface area contributed by atoms with Gasteiger partial charge in [0.25, 0.3) is 6.43 Å². The van der Waals surface area contributed by atoms with Gasteiger partial charge in [0.2, 0.25) is 5.91 Å². The van der Waals surface area contributed by atoms with E-state index in [9.17, 15) is 13.6 Å². The third kappa shape index (κ3) is 3.75. The minimum absolute atomic E-state index is 0.0380. The summed E-state index contributed by atoms with van der Waals surface area (Å²) in [6, 6.07) is 1.92. The zero-order chi connectivity index (χ0) is 18.0. The number of carbonyl (C=O) groups excluding carboxylic acids is 1. The van der Waals surface area contributed by atoms with Crippen LogP contribution in [0.1, 0.15) is 50.0 Å². The number of piperidine rings is 1. The number of carbonyl (C=O) groups is 1. The molecule has 1 aliphatic heterocycles. The number of aromatic nitrogens is 2. The first kappa shape index (κ1) is 18.0. The molecule has 138 valence electrons. The smallest absolute Gasteiger partial charge is 0.252 e. The van der Waals surface area contributed by atoms with Crippen LogP contribution in [0.15, 0.2) is 6.07 Å². The summed E-state index contributed by atoms with van der Waals surface area (Å²) in [6.07, 6.45) is 0.928. The Labute approximate surface area is 147 Å². The molecule has 2 heterocycles. The number of anilines is 1. The van der Waals surface area contributed by atoms with Gasteiger partial charge in [0.15, 0.2) is 0 Å². The molecule has 0 aromatic carbocycles. The summed E-state index contributed by atoms with van der Waals surface area (Å²) in [6.45, 7) is 5.32. The zero-order valence-electron chi connectivity index (χ0n) is 14.9. The number of hydrogen-bond acceptors (Lipinski definition) is 4. The Balaban J connectivity index is 1.58. The van der Waals surface area contributed by atoms with Crippen LogP contribution in [0.2, 0.25) is 0 Å². The molecule has 2 aliphatic rings. The normalized spacial score (nSPS) is 20.9. The molecule has 25 heavy (non-hydrogen) atoms. The highest BCUT2D eigenvalue weighted by atomic mass is 19.3. The monoisotopic (exact) mass is 352 g/mol. The van der Waals surface area contributed by atoms with Gasteiger partial charge in [-0.05, 0) is 39.5 Å². The van der Waals surface area contributed by atoms with Gasteiger partial charge in [0, 0.05) is 30.9 Å². The molecular weight excluding hydrogens is 326 g/mol. The van der Waals surface area contributed by atoms with Gasteiger partial charge < -0.3 is 10.2 Å². The second-order valence-electron chi connectivity index (χ2n) is 7.31. The SMILES string of the molecule is Cc1cc(N2CCC(NC(=O)C3(C(F)F)CCCC3)CC2)nc(C)n1. The largest absolute Gasteiger partial charge is 0.356 e. The summed E-state index contributed by atoms with van der Waals surface area (Å²) >= 11 is 0. The molecule has 1 aromatic heterocycles. The minimum Gasteiger partial charge on any atom is -0.356 e. The molecule has 0 atom stereocenters. The van der Waals surface area contributed by atoms with Crippen LogP contribution >= 0.6 is 0 Å². The Morgan fingerprint density at radius 2 is 1.88 bits per heavy atom. The van der Waals surface area contributed by atoms with Crippen LogP contribution < -0.4 is 10.2 Å². The quantitative estimate of drug-likeness (QED) is 0.905. The summed E-state index contributed by atoms with van der Waals surface area (Å²) in [7, 11) is 0. The van der Waals surface area contributed by atoms with Gasteiger partial charge in [0.05, 0.1) is 0 Å². The average molecular weight is 352 g/mol. The lowest BCUT2D eigenvalue weighted by Crippen LogP contribution is -2.51. The van der Waals surface area contributed by atoms with Crippen molar-refractivity contribution < 1.29 is 13.6 Å². The molecule has 1 aromatic rings. The molecule has 1 saturated heterocycles. The summed E-state index contributed by atoms with van der Waals surface area (Å²) < 4.78 is 27.0. The van der Waals surface area contributed by atoms with Gasteiger partial charge >= 0.3 is 0 Å². The Morgan fingerprint density at radius 1 is 1.24 bits per heavy atom. The number of rotatable bonds is 4. The van der Waals surface area contributed by atoms with Crippen LogP contribution in [-0.4, -0.2) is 41.4 Å². The van der Waals surface area contributed by atoms with Crippen molar-refractivity contribution in [3.05, 3.63) is 17.6 Å². The van der Waals surface area contributed by atoms with Crippen LogP contribution in [0, 0.1) is 19.3 Å². The zero-order valence-corrected chi connectivity index (χ0v) is 14.9. The second-order valence-corrected chi connectivity index (χ2v) is 7.31. The van der Waals surface area contributed by atoms with Crippen molar-refractivity contribution >= 4 is 11.7 Å². The van der Waals surface area contributed by atoms with Crippen LogP contribution in [0.4, 0.5) is 14.6 Å². The highest BCUT2D eigenvalue weighted by molar-refractivity contribution is 5.83. The van der Waals surface area contributed by atoms with E-state index in [1.165, 1.54) is 0 Å². The fraction of sp³-hybridized carbons (Fsp3) is 0.722. The first-order valence-corrected chi connectivity index (χ1v) is 9.07. The number of nitrogens with zero attached hydrogens (tertiary/aromatic N) is 3. The predicted molar refractivity (Wildman–Crippen MR) is 91.8 cm³/mol. The lowest BCUT2D eigenvalue weighted by molar-refractivity contribution is -0.141. The molecular formula is C18H26F2N4O. The topological polar surface area (TPSA) is 58.1 Å². The molecule has 0 unspecified atom stereocenters. The van der Waals surface area contributed by atoms with Gasteiger partial charge in [-0.2, -0.15) is 0 Å². The van der Waals surface area contributed by atoms with E-state index in [1.54, 1.807) is 0 Å². The van der Waals surface area contributed by atoms with Crippen LogP contribution in [-0.2, 0) is 4.79 Å². The van der Waals surface area contributed by atoms with E-state index in [-0.39, 0.29) is 6.04 Å². The highest BCUT2D eigenvalue weighted by Crippen LogP contribution is 2.43. The Morgan fingerprint density at radius 3 is 2.44 bits per heavy atom. The lowest BCUT2D eigenvalue weighted by Gasteiger charge is -2.35. The molecule has 0 spiro atoms. The van der Waals surface area contributed by atoms with Gasteiger partial charge in [-0.3, -0.25) is 4.79 Å². The molecule has 1 aliphatic carbocycles. The molecule has 1 saturated carbocycles. The Bertz CT molecular complexity index is 603. The number of aryl methyl sites for hydroxylation is 2. The summed E-state index contributed by atoms with van der Waals surface area (Å²) in [4.78, 5) is 23.4. The summed E-state index contributed by atoms with van der Waals surface area (Å²) in [5.74, 6) is 1.19. The van der Waals surface area contributed by atoms with Crippen molar-refractivity contribution in [3.8, 4) is 0 Å². The maximum absolute atomic E-state index is 13.5. The van der Waals surface area contributed by atoms with E-state index in [0.717, 1.165) is 43.3 Å². The van der Waals surface area contributed by atoms with Crippen molar-refractivity contribution in [1.29, 1.82) is 0 Å². The van der Waals surface area contributed by atoms with Gasteiger partial charge in [-0.15, -0.1) is 0 Å². The Kier molecular flexibility index (Phi) is 5.20. The number of amides is 1. The third-order valence-corrected chi connectivity index (χ3v) is 5.47. The molecule has 5 nitrogen and oxygen atoms in total. The van der Waals surface area contributed by atoms with Crippen molar-refractivity contribution in [2.45, 2.75) is 64.8 Å². The van der Waals surface area contributed by atoms with Crippen LogP contribution in [0.25, 0.3) is 0 Å². The molecule has 7 heteroatoms. The van der Waals surface area contributed by atoms with E-state index in [4.69, 9.17) is 0 Å². The van der Waals surface area contributed by atoms with E-state index < -0.39 is 17.7 Å². The Hall–Kier alpha value is -1.79. The number of nitrogens with one attached hydrogen (secondary N) is 1. The molecule has 1 N–H and O–H groups in total. The van der Waals surface area contributed by atoms with E-state index >= 15 is 0 Å². The second kappa shape index (κ2) is 7.22. The van der Waals surface area contributed by atoms with E-state index in [1.807, 2.05) is 19.9 Å². The number of hydrogen-bond donors (Lipinski definition) is 1. The van der Waals surface area contributed by atoms with Gasteiger partial charge in [-0.25, -0.2) is 18.7 Å². The summed E-state index contributed by atoms with van der Waals surface area (Å²) in [5, 5.41) is 2.90. The van der Waals surface area contributed by atoms with Crippen molar-refractivity contribution in [2.75, 3.05) is 18.0 Å². The molecule has 3 rings (SSSR count). The number of alkyl halides is 2. The lowest BCUT2D eigenvalue weighted by atomic mass is 9.85. The van der Waals surface area contributed by atoms with E-state index in [2.05, 4.69) is 20.2 Å². The van der Waals surface area contributed by atoms with Gasteiger partial charge in [0.1, 0.15) is 17.1 Å². The van der Waals surface area contributed by atoms with Crippen molar-refractivity contribution in [1.82, 2.24) is 15.3 Å². The van der Waals surface area contributed by atoms with Crippen LogP contribution in [0.5, 0.6) is 0 Å². The maximum atomic E-state index is 13.5. The first-order chi connectivity index (χ1) is 11.9. The minimum atomic E-state index is -2.58. The highest BCUT2D eigenvalue weighted by Gasteiger charge is 2.49. The fourth-order valence-corrected chi connectivity index (χ4v) is 3.99. The average Bonchev–Trinajstić information content (AvgIpc) is 3.06. The van der Waals surface area contributed by atoms with E-state index in [0.29, 0.717) is 25.7 Å². The standard InChI is InChI=1S/C18H26F2N4O/c1-12-11-15(22-13(2)21-12)24-9-5-14(6-10-24)23-17(25)18(16(19)20)7-3-4-8-18/h11,14,16H,3-10H2,1-2H3,(H,23,25). The van der Waals surface area contributed by atoms with Crippen molar-refractivity contribution in [3.63, 3.8) is 0 Å². The predicted octanol–water partition coefficient (Wildman–Crippen LogP) is 3.00. The maximum Gasteiger partial charge on any atom is 0.252 e. The third-order valence-electron chi connectivity index (χ3n) is 5.47. The van der Waals surface area contributed by atoms with Crippen LogP contribution in [0.3, 0.4) is 0 Å². The summed E-state index contributed by atoms with van der Waals surface area (Å²) in [5.41, 5.74) is -0.532. The number of halogens is 2. The molecule has 2 fully saturated rings. The first-order valence-electron chi connectivity index (χ1n) is 9.07. The van der Waals surface area contributed by atoms with Gasteiger partial charge in [-0.1, -0.05) is 12.8 Å². The van der Waals surface area contributed by atoms with Crippen molar-refractivity contribution in [2.24, 2.45) is 5.41 Å². The molecule has 0 radical (unpaired) electrons.